The van der Waals surface area contributed by atoms with E-state index in [0.29, 0.717) is 31.7 Å². The Morgan fingerprint density at radius 2 is 1.93 bits per heavy atom. The van der Waals surface area contributed by atoms with E-state index in [1.54, 1.807) is 30.5 Å². The second-order valence-electron chi connectivity index (χ2n) is 7.30. The molecule has 1 N–H and O–H groups in total. The maximum atomic E-state index is 13.7. The third-order valence-corrected chi connectivity index (χ3v) is 5.14. The Morgan fingerprint density at radius 3 is 2.69 bits per heavy atom. The van der Waals surface area contributed by atoms with Gasteiger partial charge in [-0.3, -0.25) is 9.69 Å². The van der Waals surface area contributed by atoms with E-state index in [1.807, 2.05) is 0 Å². The smallest absolute Gasteiger partial charge is 0.307 e. The molecule has 6 heteroatoms. The second-order valence-corrected chi connectivity index (χ2v) is 7.30. The molecule has 1 unspecified atom stereocenters. The highest BCUT2D eigenvalue weighted by atomic mass is 19.1. The molecule has 4 nitrogen and oxygen atoms in total. The molecule has 0 amide bonds. The van der Waals surface area contributed by atoms with Gasteiger partial charge in [0, 0.05) is 13.1 Å². The van der Waals surface area contributed by atoms with Crippen molar-refractivity contribution in [2.45, 2.75) is 19.3 Å². The number of piperidine rings is 1. The van der Waals surface area contributed by atoms with E-state index in [1.165, 1.54) is 24.3 Å². The molecule has 0 bridgehead atoms. The van der Waals surface area contributed by atoms with Crippen molar-refractivity contribution in [3.8, 4) is 0 Å². The van der Waals surface area contributed by atoms with Crippen LogP contribution in [0.2, 0.25) is 0 Å². The Labute approximate surface area is 169 Å². The molecule has 154 valence electrons. The second kappa shape index (κ2) is 10.2. The van der Waals surface area contributed by atoms with Gasteiger partial charge in [0.2, 0.25) is 0 Å². The highest BCUT2D eigenvalue weighted by Gasteiger charge is 2.24. The van der Waals surface area contributed by atoms with Crippen molar-refractivity contribution in [2.24, 2.45) is 5.92 Å². The van der Waals surface area contributed by atoms with Gasteiger partial charge in [-0.2, -0.15) is 0 Å². The first kappa shape index (κ1) is 21.0. The standard InChI is InChI=1S/C23H25F2NO3/c24-21-6-3-17(4-7-21)14-18-5-8-22(25)15-19(18)9-12-29-13-11-26-10-1-2-20(16-26)23(27)28/h3-9,12,15,20H,1-2,10-11,13-14,16H2,(H,27,28)/b12-9+. The monoisotopic (exact) mass is 401 g/mol. The summed E-state index contributed by atoms with van der Waals surface area (Å²) in [5, 5.41) is 9.14. The molecule has 1 heterocycles. The van der Waals surface area contributed by atoms with E-state index in [-0.39, 0.29) is 17.6 Å². The summed E-state index contributed by atoms with van der Waals surface area (Å²) in [5.41, 5.74) is 2.56. The molecule has 2 aromatic rings. The maximum absolute atomic E-state index is 13.7. The Kier molecular flexibility index (Phi) is 7.36. The zero-order chi connectivity index (χ0) is 20.6. The lowest BCUT2D eigenvalue weighted by molar-refractivity contribution is -0.143. The van der Waals surface area contributed by atoms with Crippen LogP contribution in [-0.4, -0.2) is 42.2 Å². The van der Waals surface area contributed by atoms with Crippen LogP contribution in [-0.2, 0) is 16.0 Å². The summed E-state index contributed by atoms with van der Waals surface area (Å²) in [6.07, 6.45) is 5.43. The number of hydrogen-bond acceptors (Lipinski definition) is 3. The largest absolute Gasteiger partial charge is 0.500 e. The van der Waals surface area contributed by atoms with Gasteiger partial charge >= 0.3 is 5.97 Å². The van der Waals surface area contributed by atoms with Crippen molar-refractivity contribution in [3.05, 3.63) is 77.1 Å². The third-order valence-electron chi connectivity index (χ3n) is 5.14. The van der Waals surface area contributed by atoms with Gasteiger partial charge < -0.3 is 9.84 Å². The number of carboxylic acids is 1. The summed E-state index contributed by atoms with van der Waals surface area (Å²) < 4.78 is 32.3. The van der Waals surface area contributed by atoms with Crippen molar-refractivity contribution >= 4 is 12.0 Å². The first-order valence-corrected chi connectivity index (χ1v) is 9.77. The number of rotatable bonds is 8. The first-order chi connectivity index (χ1) is 14.0. The molecule has 1 aliphatic rings. The maximum Gasteiger partial charge on any atom is 0.307 e. The van der Waals surface area contributed by atoms with E-state index in [2.05, 4.69) is 4.90 Å². The summed E-state index contributed by atoms with van der Waals surface area (Å²) in [4.78, 5) is 13.2. The fourth-order valence-electron chi connectivity index (χ4n) is 3.54. The molecule has 0 aromatic heterocycles. The van der Waals surface area contributed by atoms with Gasteiger partial charge in [0.05, 0.1) is 18.8 Å². The summed E-state index contributed by atoms with van der Waals surface area (Å²) in [6, 6.07) is 10.8. The van der Waals surface area contributed by atoms with Crippen LogP contribution in [0.5, 0.6) is 0 Å². The molecule has 1 saturated heterocycles. The van der Waals surface area contributed by atoms with E-state index >= 15 is 0 Å². The van der Waals surface area contributed by atoms with Crippen LogP contribution >= 0.6 is 0 Å². The zero-order valence-corrected chi connectivity index (χ0v) is 16.2. The average molecular weight is 401 g/mol. The molecule has 0 aliphatic carbocycles. The highest BCUT2D eigenvalue weighted by Crippen LogP contribution is 2.19. The predicted molar refractivity (Wildman–Crippen MR) is 107 cm³/mol. The van der Waals surface area contributed by atoms with Crippen LogP contribution in [0.1, 0.15) is 29.5 Å². The number of nitrogens with zero attached hydrogens (tertiary/aromatic N) is 1. The molecule has 0 saturated carbocycles. The summed E-state index contributed by atoms with van der Waals surface area (Å²) >= 11 is 0. The van der Waals surface area contributed by atoms with Crippen LogP contribution in [0.3, 0.4) is 0 Å². The molecule has 2 aromatic carbocycles. The van der Waals surface area contributed by atoms with Gasteiger partial charge in [-0.15, -0.1) is 0 Å². The van der Waals surface area contributed by atoms with Crippen molar-refractivity contribution in [1.29, 1.82) is 0 Å². The van der Waals surface area contributed by atoms with Gasteiger partial charge in [-0.05, 0) is 72.8 Å². The Balaban J connectivity index is 1.54. The molecular formula is C23H25F2NO3. The van der Waals surface area contributed by atoms with E-state index < -0.39 is 5.97 Å². The lowest BCUT2D eigenvalue weighted by atomic mass is 9.98. The molecule has 1 atom stereocenters. The molecule has 29 heavy (non-hydrogen) atoms. The van der Waals surface area contributed by atoms with Gasteiger partial charge in [0.25, 0.3) is 0 Å². The highest BCUT2D eigenvalue weighted by molar-refractivity contribution is 5.70. The summed E-state index contributed by atoms with van der Waals surface area (Å²) in [7, 11) is 0. The number of benzene rings is 2. The molecule has 0 radical (unpaired) electrons. The number of halogens is 2. The number of hydrogen-bond donors (Lipinski definition) is 1. The summed E-state index contributed by atoms with van der Waals surface area (Å²) in [5.74, 6) is -1.67. The Morgan fingerprint density at radius 1 is 1.17 bits per heavy atom. The fraction of sp³-hybridized carbons (Fsp3) is 0.348. The van der Waals surface area contributed by atoms with Crippen LogP contribution in [0.25, 0.3) is 6.08 Å². The Hall–Kier alpha value is -2.73. The molecule has 3 rings (SSSR count). The topological polar surface area (TPSA) is 49.8 Å². The minimum absolute atomic E-state index is 0.287. The number of ether oxygens (including phenoxy) is 1. The molecule has 1 aliphatic heterocycles. The van der Waals surface area contributed by atoms with E-state index in [9.17, 15) is 13.6 Å². The minimum Gasteiger partial charge on any atom is -0.500 e. The van der Waals surface area contributed by atoms with Gasteiger partial charge in [-0.1, -0.05) is 18.2 Å². The lowest BCUT2D eigenvalue weighted by Gasteiger charge is -2.30. The summed E-state index contributed by atoms with van der Waals surface area (Å²) in [6.45, 7) is 2.52. The van der Waals surface area contributed by atoms with Crippen molar-refractivity contribution in [3.63, 3.8) is 0 Å². The molecular weight excluding hydrogens is 376 g/mol. The van der Waals surface area contributed by atoms with Gasteiger partial charge in [-0.25, -0.2) is 8.78 Å². The molecule has 1 fully saturated rings. The first-order valence-electron chi connectivity index (χ1n) is 9.77. The van der Waals surface area contributed by atoms with Crippen LogP contribution in [0, 0.1) is 17.6 Å². The van der Waals surface area contributed by atoms with E-state index in [0.717, 1.165) is 30.5 Å². The zero-order valence-electron chi connectivity index (χ0n) is 16.2. The lowest BCUT2D eigenvalue weighted by Crippen LogP contribution is -2.40. The van der Waals surface area contributed by atoms with Gasteiger partial charge in [0.15, 0.2) is 0 Å². The van der Waals surface area contributed by atoms with Crippen molar-refractivity contribution in [1.82, 2.24) is 4.90 Å². The van der Waals surface area contributed by atoms with Gasteiger partial charge in [0.1, 0.15) is 11.6 Å². The number of carbonyl (C=O) groups is 1. The van der Waals surface area contributed by atoms with E-state index in [4.69, 9.17) is 9.84 Å². The number of carboxylic acid groups (broad SMARTS) is 1. The molecule has 0 spiro atoms. The SMILES string of the molecule is O=C(O)C1CCCN(CCO/C=C/c2cc(F)ccc2Cc2ccc(F)cc2)C1. The normalized spacial score (nSPS) is 17.5. The fourth-order valence-corrected chi connectivity index (χ4v) is 3.54. The average Bonchev–Trinajstić information content (AvgIpc) is 2.71. The quantitative estimate of drug-likeness (QED) is 0.528. The third kappa shape index (κ3) is 6.39. The van der Waals surface area contributed by atoms with Crippen molar-refractivity contribution in [2.75, 3.05) is 26.2 Å². The minimum atomic E-state index is -0.740. The Bertz CT molecular complexity index is 852. The number of likely N-dealkylation sites (tertiary alicyclic amines) is 1. The van der Waals surface area contributed by atoms with Crippen molar-refractivity contribution < 1.29 is 23.4 Å². The van der Waals surface area contributed by atoms with Crippen LogP contribution < -0.4 is 0 Å². The van der Waals surface area contributed by atoms with Crippen LogP contribution in [0.15, 0.2) is 48.7 Å². The predicted octanol–water partition coefficient (Wildman–Crippen LogP) is 4.34. The van der Waals surface area contributed by atoms with Crippen LogP contribution in [0.4, 0.5) is 8.78 Å². The number of aliphatic carboxylic acids is 1.